The first-order chi connectivity index (χ1) is 19.2. The number of oxime groups is 1. The fraction of sp³-hybridized carbons (Fsp3) is 0.121. The van der Waals surface area contributed by atoms with E-state index in [0.717, 1.165) is 22.3 Å². The Kier molecular flexibility index (Phi) is 6.29. The van der Waals surface area contributed by atoms with E-state index in [9.17, 15) is 4.79 Å². The van der Waals surface area contributed by atoms with E-state index in [-0.39, 0.29) is 0 Å². The Morgan fingerprint density at radius 3 is 2.03 bits per heavy atom. The van der Waals surface area contributed by atoms with Crippen LogP contribution in [0.3, 0.4) is 0 Å². The van der Waals surface area contributed by atoms with Gasteiger partial charge < -0.3 is 14.3 Å². The Balaban J connectivity index is 1.71. The zero-order valence-electron chi connectivity index (χ0n) is 21.6. The Labute approximate surface area is 226 Å². The number of benzene rings is 4. The van der Waals surface area contributed by atoms with Crippen molar-refractivity contribution in [2.45, 2.75) is 6.04 Å². The molecule has 0 radical (unpaired) electrons. The van der Waals surface area contributed by atoms with Gasteiger partial charge in [0.1, 0.15) is 23.3 Å². The molecule has 2 aliphatic heterocycles. The summed E-state index contributed by atoms with van der Waals surface area (Å²) in [7, 11) is 3.25. The van der Waals surface area contributed by atoms with Crippen molar-refractivity contribution in [3.05, 3.63) is 137 Å². The second-order valence-electron chi connectivity index (χ2n) is 9.28. The number of carbonyl (C=O) groups excluding carboxylic acids is 1. The highest BCUT2D eigenvalue weighted by Gasteiger charge is 2.63. The minimum Gasteiger partial charge on any atom is -0.496 e. The van der Waals surface area contributed by atoms with Crippen LogP contribution in [-0.2, 0) is 9.63 Å². The Hall–Kier alpha value is -4.97. The highest BCUT2D eigenvalue weighted by molar-refractivity contribution is 6.32. The van der Waals surface area contributed by atoms with Gasteiger partial charge in [0.15, 0.2) is 5.41 Å². The smallest absolute Gasteiger partial charge is 0.354 e. The van der Waals surface area contributed by atoms with Gasteiger partial charge in [-0.25, -0.2) is 4.79 Å². The predicted molar refractivity (Wildman–Crippen MR) is 151 cm³/mol. The van der Waals surface area contributed by atoms with Crippen LogP contribution < -0.4 is 9.47 Å². The molecule has 2 heterocycles. The van der Waals surface area contributed by atoms with Crippen LogP contribution in [0.15, 0.2) is 125 Å². The molecule has 2 unspecified atom stereocenters. The molecule has 0 aromatic heterocycles. The summed E-state index contributed by atoms with van der Waals surface area (Å²) in [4.78, 5) is 25.0. The maximum Gasteiger partial charge on any atom is 0.354 e. The van der Waals surface area contributed by atoms with E-state index >= 15 is 0 Å². The minimum absolute atomic E-state index is 0.493. The third-order valence-electron chi connectivity index (χ3n) is 7.23. The standard InChI is InChI=1S/C33H26N2O4/c1-37-27-19-11-9-17-24(27)21-26-29(22-13-5-3-6-14-22)34-31(25-18-10-12-20-28(25)38-2)33(26)30(35-39-32(33)36)23-15-7-4-8-16-23/h3-21,31H,1-2H3/b26-21-. The van der Waals surface area contributed by atoms with Gasteiger partial charge >= 0.3 is 5.97 Å². The first-order valence-electron chi connectivity index (χ1n) is 12.7. The third-order valence-corrected chi connectivity index (χ3v) is 7.23. The topological polar surface area (TPSA) is 69.5 Å². The molecule has 6 rings (SSSR count). The fourth-order valence-corrected chi connectivity index (χ4v) is 5.46. The zero-order valence-corrected chi connectivity index (χ0v) is 21.6. The average molecular weight is 515 g/mol. The Morgan fingerprint density at radius 2 is 1.33 bits per heavy atom. The van der Waals surface area contributed by atoms with Gasteiger partial charge in [-0.1, -0.05) is 102 Å². The second-order valence-corrected chi connectivity index (χ2v) is 9.28. The van der Waals surface area contributed by atoms with Crippen molar-refractivity contribution in [3.8, 4) is 11.5 Å². The van der Waals surface area contributed by atoms with Gasteiger partial charge in [0.25, 0.3) is 0 Å². The second kappa shape index (κ2) is 10.1. The Morgan fingerprint density at radius 1 is 0.744 bits per heavy atom. The van der Waals surface area contributed by atoms with E-state index in [1.807, 2.05) is 115 Å². The molecule has 4 aromatic carbocycles. The molecule has 6 nitrogen and oxygen atoms in total. The summed E-state index contributed by atoms with van der Waals surface area (Å²) in [6.45, 7) is 0. The van der Waals surface area contributed by atoms with Gasteiger partial charge in [0.05, 0.1) is 19.9 Å². The van der Waals surface area contributed by atoms with Gasteiger partial charge in [0.2, 0.25) is 0 Å². The van der Waals surface area contributed by atoms with E-state index < -0.39 is 17.4 Å². The highest BCUT2D eigenvalue weighted by atomic mass is 16.7. The molecule has 0 saturated heterocycles. The van der Waals surface area contributed by atoms with Crippen LogP contribution in [0.1, 0.15) is 28.3 Å². The summed E-state index contributed by atoms with van der Waals surface area (Å²) < 4.78 is 11.5. The molecular weight excluding hydrogens is 488 g/mol. The lowest BCUT2D eigenvalue weighted by Crippen LogP contribution is -2.41. The van der Waals surface area contributed by atoms with Crippen LogP contribution in [0.5, 0.6) is 11.5 Å². The lowest BCUT2D eigenvalue weighted by atomic mass is 9.66. The van der Waals surface area contributed by atoms with Crippen molar-refractivity contribution >= 4 is 23.5 Å². The number of para-hydroxylation sites is 2. The molecule has 0 fully saturated rings. The van der Waals surface area contributed by atoms with Crippen molar-refractivity contribution in [1.29, 1.82) is 0 Å². The molecule has 0 saturated carbocycles. The molecule has 2 aliphatic rings. The number of hydrogen-bond acceptors (Lipinski definition) is 6. The molecular formula is C33H26N2O4. The van der Waals surface area contributed by atoms with Crippen LogP contribution in [0.2, 0.25) is 0 Å². The molecule has 0 N–H and O–H groups in total. The van der Waals surface area contributed by atoms with Gasteiger partial charge in [-0.05, 0) is 18.2 Å². The molecule has 1 spiro atoms. The molecule has 6 heteroatoms. The van der Waals surface area contributed by atoms with Crippen LogP contribution in [0.25, 0.3) is 6.08 Å². The number of rotatable bonds is 6. The first-order valence-corrected chi connectivity index (χ1v) is 12.7. The highest BCUT2D eigenvalue weighted by Crippen LogP contribution is 2.57. The van der Waals surface area contributed by atoms with E-state index in [1.54, 1.807) is 14.2 Å². The summed E-state index contributed by atoms with van der Waals surface area (Å²) in [6.07, 6.45) is 1.98. The van der Waals surface area contributed by atoms with E-state index in [0.29, 0.717) is 28.5 Å². The number of nitrogens with zero attached hydrogens (tertiary/aromatic N) is 2. The number of methoxy groups -OCH3 is 2. The van der Waals surface area contributed by atoms with Gasteiger partial charge in [-0.15, -0.1) is 0 Å². The van der Waals surface area contributed by atoms with E-state index in [4.69, 9.17) is 19.3 Å². The van der Waals surface area contributed by atoms with Crippen LogP contribution in [0.4, 0.5) is 0 Å². The quantitative estimate of drug-likeness (QED) is 0.284. The SMILES string of the molecule is COc1ccccc1/C=C1/C(c2ccccc2)=NC(c2ccccc2OC)C12C(=O)ON=C2c1ccccc1. The lowest BCUT2D eigenvalue weighted by molar-refractivity contribution is -0.147. The number of ether oxygens (including phenoxy) is 2. The first kappa shape index (κ1) is 24.4. The largest absolute Gasteiger partial charge is 0.496 e. The lowest BCUT2D eigenvalue weighted by Gasteiger charge is -2.30. The summed E-state index contributed by atoms with van der Waals surface area (Å²) >= 11 is 0. The van der Waals surface area contributed by atoms with Crippen molar-refractivity contribution in [2.24, 2.45) is 15.6 Å². The molecule has 0 amide bonds. The Bertz CT molecular complexity index is 1630. The van der Waals surface area contributed by atoms with E-state index in [1.165, 1.54) is 0 Å². The van der Waals surface area contributed by atoms with Crippen LogP contribution >= 0.6 is 0 Å². The number of carbonyl (C=O) groups is 1. The number of aliphatic imine (C=N–C) groups is 1. The summed E-state index contributed by atoms with van der Waals surface area (Å²) in [5.41, 5.74) is 3.72. The maximum atomic E-state index is 14.2. The van der Waals surface area contributed by atoms with Crippen molar-refractivity contribution in [2.75, 3.05) is 14.2 Å². The number of hydrogen-bond donors (Lipinski definition) is 0. The summed E-state index contributed by atoms with van der Waals surface area (Å²) in [5.74, 6) is 0.814. The van der Waals surface area contributed by atoms with Crippen molar-refractivity contribution < 1.29 is 19.1 Å². The van der Waals surface area contributed by atoms with Gasteiger partial charge in [-0.2, -0.15) is 0 Å². The summed E-state index contributed by atoms with van der Waals surface area (Å²) in [5, 5.41) is 4.40. The van der Waals surface area contributed by atoms with Crippen molar-refractivity contribution in [3.63, 3.8) is 0 Å². The zero-order chi connectivity index (χ0) is 26.8. The summed E-state index contributed by atoms with van der Waals surface area (Å²) in [6, 6.07) is 34.1. The van der Waals surface area contributed by atoms with Gasteiger partial charge in [-0.3, -0.25) is 4.99 Å². The monoisotopic (exact) mass is 514 g/mol. The fourth-order valence-electron chi connectivity index (χ4n) is 5.46. The van der Waals surface area contributed by atoms with E-state index in [2.05, 4.69) is 5.16 Å². The molecule has 192 valence electrons. The average Bonchev–Trinajstić information content (AvgIpc) is 3.52. The third kappa shape index (κ3) is 3.92. The van der Waals surface area contributed by atoms with Crippen molar-refractivity contribution in [1.82, 2.24) is 0 Å². The molecule has 2 atom stereocenters. The normalized spacial score (nSPS) is 21.0. The molecule has 39 heavy (non-hydrogen) atoms. The van der Waals surface area contributed by atoms with Gasteiger partial charge in [0, 0.05) is 27.8 Å². The van der Waals surface area contributed by atoms with Crippen LogP contribution in [-0.4, -0.2) is 31.6 Å². The van der Waals surface area contributed by atoms with Crippen LogP contribution in [0, 0.1) is 5.41 Å². The predicted octanol–water partition coefficient (Wildman–Crippen LogP) is 6.28. The minimum atomic E-state index is -1.37. The molecule has 0 bridgehead atoms. The molecule has 4 aromatic rings. The maximum absolute atomic E-state index is 14.2. The molecule has 0 aliphatic carbocycles.